The summed E-state index contributed by atoms with van der Waals surface area (Å²) in [5, 5.41) is 2.63. The molecule has 0 saturated heterocycles. The van der Waals surface area contributed by atoms with Gasteiger partial charge in [-0.1, -0.05) is 45.1 Å². The fourth-order valence-corrected chi connectivity index (χ4v) is 1.53. The zero-order valence-corrected chi connectivity index (χ0v) is 10.4. The third kappa shape index (κ3) is 8.22. The molecule has 0 aromatic carbocycles. The molecule has 0 aliphatic heterocycles. The smallest absolute Gasteiger partial charge is 0.246 e. The van der Waals surface area contributed by atoms with E-state index in [1.165, 1.54) is 38.5 Å². The lowest BCUT2D eigenvalue weighted by Crippen LogP contribution is -2.18. The van der Waals surface area contributed by atoms with Crippen LogP contribution in [0.25, 0.3) is 0 Å². The predicted octanol–water partition coefficient (Wildman–Crippen LogP) is 3.43. The Labute approximate surface area is 94.1 Å². The molecule has 0 rings (SSSR count). The van der Waals surface area contributed by atoms with Crippen molar-refractivity contribution in [2.24, 2.45) is 0 Å². The van der Waals surface area contributed by atoms with Crippen molar-refractivity contribution >= 4 is 5.91 Å². The van der Waals surface area contributed by atoms with Gasteiger partial charge in [0.05, 0.1) is 0 Å². The molecule has 2 heteroatoms. The van der Waals surface area contributed by atoms with Crippen molar-refractivity contribution in [1.82, 2.24) is 5.32 Å². The first-order chi connectivity index (χ1) is 7.22. The molecule has 2 nitrogen and oxygen atoms in total. The second-order valence-corrected chi connectivity index (χ2v) is 4.02. The molecule has 0 heterocycles. The summed E-state index contributed by atoms with van der Waals surface area (Å²) in [7, 11) is 1.67. The van der Waals surface area contributed by atoms with Gasteiger partial charge in [-0.2, -0.15) is 0 Å². The number of carbonyl (C=O) groups is 1. The summed E-state index contributed by atoms with van der Waals surface area (Å²) in [6, 6.07) is 0. The van der Waals surface area contributed by atoms with E-state index in [1.54, 1.807) is 7.05 Å². The third-order valence-electron chi connectivity index (χ3n) is 2.59. The van der Waals surface area contributed by atoms with Crippen LogP contribution in [0.5, 0.6) is 0 Å². The fraction of sp³-hybridized carbons (Fsp3) is 0.769. The Morgan fingerprint density at radius 1 is 1.13 bits per heavy atom. The van der Waals surface area contributed by atoms with Crippen LogP contribution in [0.2, 0.25) is 0 Å². The van der Waals surface area contributed by atoms with Gasteiger partial charge in [0.2, 0.25) is 5.91 Å². The third-order valence-corrected chi connectivity index (χ3v) is 2.59. The van der Waals surface area contributed by atoms with E-state index in [0.29, 0.717) is 0 Å². The number of unbranched alkanes of at least 4 members (excludes halogenated alkanes) is 6. The second kappa shape index (κ2) is 9.75. The van der Waals surface area contributed by atoms with Gasteiger partial charge in [-0.05, 0) is 19.8 Å². The van der Waals surface area contributed by atoms with Gasteiger partial charge in [-0.25, -0.2) is 0 Å². The van der Waals surface area contributed by atoms with Crippen molar-refractivity contribution in [3.63, 3.8) is 0 Å². The second-order valence-electron chi connectivity index (χ2n) is 4.02. The number of carbonyl (C=O) groups excluding carboxylic acids is 1. The Balaban J connectivity index is 3.40. The first kappa shape index (κ1) is 14.2. The van der Waals surface area contributed by atoms with E-state index < -0.39 is 0 Å². The molecular formula is C13H25NO. The maximum absolute atomic E-state index is 11.1. The van der Waals surface area contributed by atoms with Crippen molar-refractivity contribution in [3.8, 4) is 0 Å². The number of likely N-dealkylation sites (N-methyl/N-ethyl adjacent to an activating group) is 1. The average Bonchev–Trinajstić information content (AvgIpc) is 2.26. The van der Waals surface area contributed by atoms with Crippen LogP contribution < -0.4 is 5.32 Å². The van der Waals surface area contributed by atoms with Crippen molar-refractivity contribution < 1.29 is 4.79 Å². The van der Waals surface area contributed by atoms with Gasteiger partial charge < -0.3 is 5.32 Å². The van der Waals surface area contributed by atoms with Gasteiger partial charge in [-0.15, -0.1) is 0 Å². The number of amides is 1. The van der Waals surface area contributed by atoms with Crippen molar-refractivity contribution in [2.75, 3.05) is 7.05 Å². The Hall–Kier alpha value is -0.790. The molecule has 0 saturated carbocycles. The molecule has 0 radical (unpaired) electrons. The molecule has 0 atom stereocenters. The first-order valence-corrected chi connectivity index (χ1v) is 6.11. The lowest BCUT2D eigenvalue weighted by molar-refractivity contribution is -0.117. The van der Waals surface area contributed by atoms with Crippen LogP contribution in [-0.2, 0) is 4.79 Å². The monoisotopic (exact) mass is 211 g/mol. The number of allylic oxidation sites excluding steroid dienone is 1. The molecule has 0 fully saturated rings. The number of rotatable bonds is 8. The molecule has 0 aliphatic carbocycles. The highest BCUT2D eigenvalue weighted by Gasteiger charge is 1.98. The van der Waals surface area contributed by atoms with Crippen molar-refractivity contribution in [3.05, 3.63) is 11.6 Å². The normalized spacial score (nSPS) is 11.5. The van der Waals surface area contributed by atoms with Crippen LogP contribution in [0.1, 0.15) is 58.8 Å². The van der Waals surface area contributed by atoms with E-state index in [-0.39, 0.29) is 5.91 Å². The van der Waals surface area contributed by atoms with E-state index >= 15 is 0 Å². The van der Waals surface area contributed by atoms with Gasteiger partial charge in [-0.3, -0.25) is 4.79 Å². The van der Waals surface area contributed by atoms with E-state index in [9.17, 15) is 4.79 Å². The summed E-state index contributed by atoms with van der Waals surface area (Å²) in [5.74, 6) is 0.0426. The van der Waals surface area contributed by atoms with Gasteiger partial charge >= 0.3 is 0 Å². The summed E-state index contributed by atoms with van der Waals surface area (Å²) in [5.41, 5.74) is 0.839. The summed E-state index contributed by atoms with van der Waals surface area (Å²) in [6.45, 7) is 4.10. The highest BCUT2D eigenvalue weighted by Crippen LogP contribution is 2.08. The average molecular weight is 211 g/mol. The fourth-order valence-electron chi connectivity index (χ4n) is 1.53. The van der Waals surface area contributed by atoms with Crippen molar-refractivity contribution in [1.29, 1.82) is 0 Å². The topological polar surface area (TPSA) is 29.1 Å². The Morgan fingerprint density at radius 2 is 1.73 bits per heavy atom. The Kier molecular flexibility index (Phi) is 9.24. The maximum atomic E-state index is 11.1. The highest BCUT2D eigenvalue weighted by molar-refractivity contribution is 5.92. The van der Waals surface area contributed by atoms with Gasteiger partial charge in [0.15, 0.2) is 0 Å². The number of hydrogen-bond donors (Lipinski definition) is 1. The lowest BCUT2D eigenvalue weighted by atomic mass is 10.1. The molecule has 0 bridgehead atoms. The first-order valence-electron chi connectivity index (χ1n) is 6.11. The van der Waals surface area contributed by atoms with Crippen LogP contribution in [0.4, 0.5) is 0 Å². The summed E-state index contributed by atoms with van der Waals surface area (Å²) < 4.78 is 0. The Bertz CT molecular complexity index is 197. The Morgan fingerprint density at radius 3 is 2.33 bits per heavy atom. The van der Waals surface area contributed by atoms with Gasteiger partial charge in [0.25, 0.3) is 0 Å². The molecule has 1 amide bonds. The zero-order chi connectivity index (χ0) is 11.5. The molecule has 88 valence electrons. The van der Waals surface area contributed by atoms with E-state index in [4.69, 9.17) is 0 Å². The summed E-state index contributed by atoms with van der Waals surface area (Å²) in [4.78, 5) is 11.1. The quantitative estimate of drug-likeness (QED) is 0.483. The molecule has 0 unspecified atom stereocenters. The minimum absolute atomic E-state index is 0.0426. The zero-order valence-electron chi connectivity index (χ0n) is 10.4. The van der Waals surface area contributed by atoms with Crippen LogP contribution >= 0.6 is 0 Å². The van der Waals surface area contributed by atoms with Crippen molar-refractivity contribution in [2.45, 2.75) is 58.8 Å². The summed E-state index contributed by atoms with van der Waals surface area (Å²) >= 11 is 0. The van der Waals surface area contributed by atoms with Crippen LogP contribution in [0.15, 0.2) is 11.6 Å². The molecule has 1 N–H and O–H groups in total. The molecule has 0 aromatic rings. The standard InChI is InChI=1S/C13H25NO/c1-4-5-6-7-8-9-10-11-12(2)13(15)14-3/h11H,4-10H2,1-3H3,(H,14,15)/b12-11-. The van der Waals surface area contributed by atoms with Crippen LogP contribution in [0, 0.1) is 0 Å². The van der Waals surface area contributed by atoms with E-state index in [1.807, 2.05) is 13.0 Å². The molecule has 15 heavy (non-hydrogen) atoms. The van der Waals surface area contributed by atoms with E-state index in [2.05, 4.69) is 12.2 Å². The molecular weight excluding hydrogens is 186 g/mol. The van der Waals surface area contributed by atoms with Crippen LogP contribution in [0.3, 0.4) is 0 Å². The SMILES string of the molecule is CCCCCCCC/C=C(/C)C(=O)NC. The van der Waals surface area contributed by atoms with Gasteiger partial charge in [0, 0.05) is 12.6 Å². The summed E-state index contributed by atoms with van der Waals surface area (Å²) in [6.07, 6.45) is 10.9. The number of nitrogens with one attached hydrogen (secondary N) is 1. The van der Waals surface area contributed by atoms with Gasteiger partial charge in [0.1, 0.15) is 0 Å². The minimum Gasteiger partial charge on any atom is -0.355 e. The largest absolute Gasteiger partial charge is 0.355 e. The van der Waals surface area contributed by atoms with Crippen LogP contribution in [-0.4, -0.2) is 13.0 Å². The van der Waals surface area contributed by atoms with E-state index in [0.717, 1.165) is 12.0 Å². The lowest BCUT2D eigenvalue weighted by Gasteiger charge is -2.00. The highest BCUT2D eigenvalue weighted by atomic mass is 16.1. The molecule has 0 spiro atoms. The predicted molar refractivity (Wildman–Crippen MR) is 65.8 cm³/mol. The minimum atomic E-state index is 0.0426. The molecule has 0 aliphatic rings. The maximum Gasteiger partial charge on any atom is 0.246 e. The number of hydrogen-bond acceptors (Lipinski definition) is 1. The molecule has 0 aromatic heterocycles.